The maximum Gasteiger partial charge on any atom is 0.416 e. The summed E-state index contributed by atoms with van der Waals surface area (Å²) in [6.45, 7) is 3.48. The van der Waals surface area contributed by atoms with Crippen molar-refractivity contribution in [3.63, 3.8) is 0 Å². The highest BCUT2D eigenvalue weighted by Gasteiger charge is 2.36. The van der Waals surface area contributed by atoms with Gasteiger partial charge in [0.15, 0.2) is 0 Å². The zero-order valence-corrected chi connectivity index (χ0v) is 19.0. The number of hydrogen-bond acceptors (Lipinski definition) is 4. The maximum absolute atomic E-state index is 13.2. The van der Waals surface area contributed by atoms with E-state index in [1.54, 1.807) is 60.9 Å². The number of carbonyl (C=O) groups is 2. The number of benzene rings is 2. The minimum atomic E-state index is -4.46. The standard InChI is InChI=1S/C25H18F3N3O2S/c1-15-10-19(16(2)31(15)21-9-5-8-20(12-21)25(26,27)28)11-22-23(32)30(24(33)34-22)14-18-7-4-3-6-17(18)13-29/h3-12H,14H2,1-2H3/b22-11-. The number of hydrogen-bond donors (Lipinski definition) is 0. The first kappa shape index (κ1) is 23.4. The molecule has 0 radical (unpaired) electrons. The van der Waals surface area contributed by atoms with Crippen molar-refractivity contribution < 1.29 is 22.8 Å². The van der Waals surface area contributed by atoms with Crippen LogP contribution in [0.3, 0.4) is 0 Å². The normalized spacial score (nSPS) is 15.3. The van der Waals surface area contributed by atoms with Crippen molar-refractivity contribution in [1.82, 2.24) is 9.47 Å². The van der Waals surface area contributed by atoms with Gasteiger partial charge in [0.2, 0.25) is 0 Å². The lowest BCUT2D eigenvalue weighted by molar-refractivity contribution is -0.137. The van der Waals surface area contributed by atoms with E-state index in [1.807, 2.05) is 0 Å². The molecule has 2 heterocycles. The van der Waals surface area contributed by atoms with Gasteiger partial charge in [0, 0.05) is 17.1 Å². The van der Waals surface area contributed by atoms with E-state index in [1.165, 1.54) is 6.07 Å². The Morgan fingerprint density at radius 2 is 1.79 bits per heavy atom. The SMILES string of the molecule is Cc1cc(/C=C2\SC(=O)N(Cc3ccccc3C#N)C2=O)c(C)n1-c1cccc(C(F)(F)F)c1. The van der Waals surface area contributed by atoms with E-state index >= 15 is 0 Å². The Hall–Kier alpha value is -3.77. The summed E-state index contributed by atoms with van der Waals surface area (Å²) in [5, 5.41) is 8.82. The Labute approximate surface area is 198 Å². The summed E-state index contributed by atoms with van der Waals surface area (Å²) in [6.07, 6.45) is -2.88. The van der Waals surface area contributed by atoms with E-state index in [4.69, 9.17) is 0 Å². The van der Waals surface area contributed by atoms with Crippen LogP contribution in [-0.4, -0.2) is 20.6 Å². The number of aryl methyl sites for hydroxylation is 1. The highest BCUT2D eigenvalue weighted by molar-refractivity contribution is 8.18. The molecule has 5 nitrogen and oxygen atoms in total. The predicted octanol–water partition coefficient (Wildman–Crippen LogP) is 6.22. The fourth-order valence-corrected chi connectivity index (χ4v) is 4.70. The fraction of sp³-hybridized carbons (Fsp3) is 0.160. The van der Waals surface area contributed by atoms with Gasteiger partial charge in [0.1, 0.15) is 0 Å². The second kappa shape index (κ2) is 8.88. The van der Waals surface area contributed by atoms with Crippen molar-refractivity contribution in [1.29, 1.82) is 5.26 Å². The van der Waals surface area contributed by atoms with Gasteiger partial charge in [-0.25, -0.2) is 0 Å². The largest absolute Gasteiger partial charge is 0.416 e. The first-order valence-electron chi connectivity index (χ1n) is 10.2. The third-order valence-corrected chi connectivity index (χ3v) is 6.44. The maximum atomic E-state index is 13.2. The zero-order chi connectivity index (χ0) is 24.6. The van der Waals surface area contributed by atoms with Gasteiger partial charge >= 0.3 is 6.18 Å². The van der Waals surface area contributed by atoms with Crippen LogP contribution in [0.4, 0.5) is 18.0 Å². The highest BCUT2D eigenvalue weighted by Crippen LogP contribution is 2.36. The molecule has 172 valence electrons. The Kier molecular flexibility index (Phi) is 6.11. The van der Waals surface area contributed by atoms with E-state index in [2.05, 4.69) is 6.07 Å². The minimum absolute atomic E-state index is 0.0189. The molecule has 1 saturated heterocycles. The molecule has 2 amide bonds. The number of nitrogens with zero attached hydrogens (tertiary/aromatic N) is 3. The van der Waals surface area contributed by atoms with Crippen LogP contribution in [0.5, 0.6) is 0 Å². The Balaban J connectivity index is 1.65. The van der Waals surface area contributed by atoms with Crippen LogP contribution < -0.4 is 0 Å². The molecule has 9 heteroatoms. The summed E-state index contributed by atoms with van der Waals surface area (Å²) < 4.78 is 41.2. The molecule has 1 aliphatic heterocycles. The van der Waals surface area contributed by atoms with E-state index in [-0.39, 0.29) is 11.4 Å². The first-order chi connectivity index (χ1) is 16.1. The van der Waals surface area contributed by atoms with Gasteiger partial charge in [0.05, 0.1) is 28.6 Å². The summed E-state index contributed by atoms with van der Waals surface area (Å²) in [7, 11) is 0. The number of halogens is 3. The van der Waals surface area contributed by atoms with Gasteiger partial charge in [-0.05, 0) is 73.1 Å². The molecule has 1 aliphatic rings. The summed E-state index contributed by atoms with van der Waals surface area (Å²) in [5.74, 6) is -0.480. The van der Waals surface area contributed by atoms with Crippen molar-refractivity contribution in [2.45, 2.75) is 26.6 Å². The van der Waals surface area contributed by atoms with Crippen molar-refractivity contribution >= 4 is 29.0 Å². The van der Waals surface area contributed by atoms with Gasteiger partial charge in [-0.15, -0.1) is 0 Å². The average Bonchev–Trinajstić information content (AvgIpc) is 3.22. The topological polar surface area (TPSA) is 66.1 Å². The number of imide groups is 1. The molecular formula is C25H18F3N3O2S. The van der Waals surface area contributed by atoms with E-state index < -0.39 is 22.9 Å². The van der Waals surface area contributed by atoms with E-state index in [9.17, 15) is 28.0 Å². The molecular weight excluding hydrogens is 463 g/mol. The van der Waals surface area contributed by atoms with Crippen LogP contribution in [-0.2, 0) is 17.5 Å². The molecule has 0 atom stereocenters. The Morgan fingerprint density at radius 1 is 1.06 bits per heavy atom. The lowest BCUT2D eigenvalue weighted by Gasteiger charge is -2.13. The molecule has 0 aliphatic carbocycles. The zero-order valence-electron chi connectivity index (χ0n) is 18.2. The number of amides is 2. The van der Waals surface area contributed by atoms with Crippen molar-refractivity contribution in [3.05, 3.63) is 93.1 Å². The van der Waals surface area contributed by atoms with Gasteiger partial charge in [-0.1, -0.05) is 24.3 Å². The predicted molar refractivity (Wildman–Crippen MR) is 123 cm³/mol. The van der Waals surface area contributed by atoms with E-state index in [0.717, 1.165) is 28.8 Å². The number of alkyl halides is 3. The van der Waals surface area contributed by atoms with Crippen molar-refractivity contribution in [2.75, 3.05) is 0 Å². The van der Waals surface area contributed by atoms with Crippen molar-refractivity contribution in [2.24, 2.45) is 0 Å². The molecule has 3 aromatic rings. The van der Waals surface area contributed by atoms with Gasteiger partial charge in [0.25, 0.3) is 11.1 Å². The van der Waals surface area contributed by atoms with Gasteiger partial charge < -0.3 is 4.57 Å². The second-order valence-electron chi connectivity index (χ2n) is 7.75. The molecule has 0 bridgehead atoms. The molecule has 34 heavy (non-hydrogen) atoms. The highest BCUT2D eigenvalue weighted by atomic mass is 32.2. The first-order valence-corrected chi connectivity index (χ1v) is 11.0. The summed E-state index contributed by atoms with van der Waals surface area (Å²) in [5.41, 5.74) is 2.50. The van der Waals surface area contributed by atoms with E-state index in [0.29, 0.717) is 33.8 Å². The molecule has 0 saturated carbocycles. The van der Waals surface area contributed by atoms with Crippen LogP contribution in [0, 0.1) is 25.2 Å². The monoisotopic (exact) mass is 481 g/mol. The molecule has 0 unspecified atom stereocenters. The molecule has 4 rings (SSSR count). The van der Waals surface area contributed by atoms with Crippen LogP contribution in [0.2, 0.25) is 0 Å². The molecule has 1 aromatic heterocycles. The number of nitriles is 1. The summed E-state index contributed by atoms with van der Waals surface area (Å²) in [4.78, 5) is 26.8. The van der Waals surface area contributed by atoms with Gasteiger partial charge in [-0.2, -0.15) is 18.4 Å². The average molecular weight is 481 g/mol. The van der Waals surface area contributed by atoms with Crippen LogP contribution in [0.15, 0.2) is 59.5 Å². The molecule has 0 N–H and O–H groups in total. The van der Waals surface area contributed by atoms with Crippen molar-refractivity contribution in [3.8, 4) is 11.8 Å². The second-order valence-corrected chi connectivity index (χ2v) is 8.74. The smallest absolute Gasteiger partial charge is 0.318 e. The number of carbonyl (C=O) groups excluding carboxylic acids is 2. The number of aromatic nitrogens is 1. The van der Waals surface area contributed by atoms with Crippen LogP contribution >= 0.6 is 11.8 Å². The number of rotatable bonds is 4. The Bertz CT molecular complexity index is 1380. The molecule has 1 fully saturated rings. The third kappa shape index (κ3) is 4.37. The summed E-state index contributed by atoms with van der Waals surface area (Å²) >= 11 is 0.792. The van der Waals surface area contributed by atoms with Crippen LogP contribution in [0.1, 0.15) is 33.6 Å². The molecule has 2 aromatic carbocycles. The lowest BCUT2D eigenvalue weighted by atomic mass is 10.1. The quantitative estimate of drug-likeness (QED) is 0.415. The molecule has 0 spiro atoms. The van der Waals surface area contributed by atoms with Gasteiger partial charge in [-0.3, -0.25) is 14.5 Å². The minimum Gasteiger partial charge on any atom is -0.318 e. The van der Waals surface area contributed by atoms with Crippen LogP contribution in [0.25, 0.3) is 11.8 Å². The fourth-order valence-electron chi connectivity index (χ4n) is 3.87. The summed E-state index contributed by atoms with van der Waals surface area (Å²) in [6, 6.07) is 15.6. The third-order valence-electron chi connectivity index (χ3n) is 5.53. The lowest BCUT2D eigenvalue weighted by Crippen LogP contribution is -2.27. The Morgan fingerprint density at radius 3 is 2.50 bits per heavy atom. The number of thioether (sulfide) groups is 1.